The zero-order chi connectivity index (χ0) is 22.7. The molecular formula is C24H32N6OS. The summed E-state index contributed by atoms with van der Waals surface area (Å²) in [5, 5.41) is 17.4. The summed E-state index contributed by atoms with van der Waals surface area (Å²) in [6, 6.07) is 8.30. The van der Waals surface area contributed by atoms with E-state index in [2.05, 4.69) is 65.1 Å². The van der Waals surface area contributed by atoms with E-state index in [0.29, 0.717) is 18.2 Å². The van der Waals surface area contributed by atoms with Gasteiger partial charge in [-0.1, -0.05) is 43.3 Å². The molecule has 0 radical (unpaired) electrons. The smallest absolute Gasteiger partial charge is 0.272 e. The maximum Gasteiger partial charge on any atom is 0.272 e. The second kappa shape index (κ2) is 9.90. The number of aromatic nitrogens is 5. The molecule has 8 heteroatoms. The minimum atomic E-state index is -0.0811. The number of carbonyl (C=O) groups is 1. The van der Waals surface area contributed by atoms with Crippen LogP contribution in [0, 0.1) is 12.8 Å². The molecule has 0 unspecified atom stereocenters. The van der Waals surface area contributed by atoms with Crippen LogP contribution in [0.3, 0.4) is 0 Å². The van der Waals surface area contributed by atoms with E-state index in [1.807, 2.05) is 10.9 Å². The Bertz CT molecular complexity index is 1080. The molecule has 0 bridgehead atoms. The van der Waals surface area contributed by atoms with Gasteiger partial charge in [0.1, 0.15) is 5.82 Å². The van der Waals surface area contributed by atoms with Gasteiger partial charge in [0, 0.05) is 30.8 Å². The van der Waals surface area contributed by atoms with Gasteiger partial charge in [-0.15, -0.1) is 10.2 Å². The van der Waals surface area contributed by atoms with Crippen LogP contribution in [0.25, 0.3) is 5.69 Å². The number of benzene rings is 1. The van der Waals surface area contributed by atoms with E-state index in [1.54, 1.807) is 11.8 Å². The summed E-state index contributed by atoms with van der Waals surface area (Å²) in [6.45, 7) is 7.97. The SMILES string of the molecule is CSc1nnc(CCCNC(=O)c2nn(-c3ccc(C)cc3)c3c2CCC3)n1CC(C)C. The van der Waals surface area contributed by atoms with Crippen molar-refractivity contribution in [2.45, 2.75) is 64.6 Å². The molecule has 1 aliphatic rings. The van der Waals surface area contributed by atoms with Crippen LogP contribution in [-0.2, 0) is 25.8 Å². The Labute approximate surface area is 194 Å². The summed E-state index contributed by atoms with van der Waals surface area (Å²) in [6.07, 6.45) is 6.59. The number of nitrogens with one attached hydrogen (secondary N) is 1. The van der Waals surface area contributed by atoms with E-state index >= 15 is 0 Å². The van der Waals surface area contributed by atoms with E-state index < -0.39 is 0 Å². The van der Waals surface area contributed by atoms with Gasteiger partial charge in [0.05, 0.1) is 5.69 Å². The summed E-state index contributed by atoms with van der Waals surface area (Å²) < 4.78 is 4.16. The molecule has 32 heavy (non-hydrogen) atoms. The molecule has 1 N–H and O–H groups in total. The Hall–Kier alpha value is -2.61. The lowest BCUT2D eigenvalue weighted by Gasteiger charge is -2.11. The first kappa shape index (κ1) is 22.6. The minimum Gasteiger partial charge on any atom is -0.351 e. The number of nitrogens with zero attached hydrogens (tertiary/aromatic N) is 5. The lowest BCUT2D eigenvalue weighted by Crippen LogP contribution is -2.26. The molecule has 4 rings (SSSR count). The first-order chi connectivity index (χ1) is 15.5. The predicted molar refractivity (Wildman–Crippen MR) is 128 cm³/mol. The molecule has 0 aliphatic heterocycles. The number of rotatable bonds is 9. The highest BCUT2D eigenvalue weighted by Crippen LogP contribution is 2.28. The van der Waals surface area contributed by atoms with E-state index in [-0.39, 0.29) is 5.91 Å². The molecular weight excluding hydrogens is 420 g/mol. The molecule has 2 heterocycles. The van der Waals surface area contributed by atoms with Crippen LogP contribution in [0.5, 0.6) is 0 Å². The summed E-state index contributed by atoms with van der Waals surface area (Å²) in [5.74, 6) is 1.44. The first-order valence-corrected chi connectivity index (χ1v) is 12.6. The summed E-state index contributed by atoms with van der Waals surface area (Å²) in [7, 11) is 0. The minimum absolute atomic E-state index is 0.0811. The van der Waals surface area contributed by atoms with Gasteiger partial charge in [0.15, 0.2) is 10.9 Å². The van der Waals surface area contributed by atoms with Crippen molar-refractivity contribution in [2.75, 3.05) is 12.8 Å². The molecule has 0 saturated carbocycles. The normalized spacial score (nSPS) is 13.0. The van der Waals surface area contributed by atoms with Crippen LogP contribution >= 0.6 is 11.8 Å². The number of amides is 1. The lowest BCUT2D eigenvalue weighted by atomic mass is 10.2. The zero-order valence-electron chi connectivity index (χ0n) is 19.4. The van der Waals surface area contributed by atoms with Crippen molar-refractivity contribution >= 4 is 17.7 Å². The van der Waals surface area contributed by atoms with Gasteiger partial charge < -0.3 is 9.88 Å². The van der Waals surface area contributed by atoms with Gasteiger partial charge in [-0.25, -0.2) is 4.68 Å². The molecule has 0 atom stereocenters. The number of thioether (sulfide) groups is 1. The fraction of sp³-hybridized carbons (Fsp3) is 0.500. The van der Waals surface area contributed by atoms with E-state index in [0.717, 1.165) is 60.9 Å². The van der Waals surface area contributed by atoms with Crippen LogP contribution in [0.15, 0.2) is 29.4 Å². The van der Waals surface area contributed by atoms with Gasteiger partial charge in [-0.05, 0) is 56.9 Å². The fourth-order valence-electron chi connectivity index (χ4n) is 4.25. The number of aryl methyl sites for hydroxylation is 2. The third-order valence-electron chi connectivity index (χ3n) is 5.81. The van der Waals surface area contributed by atoms with E-state index in [1.165, 1.54) is 11.3 Å². The van der Waals surface area contributed by atoms with E-state index in [4.69, 9.17) is 5.10 Å². The number of fused-ring (bicyclic) bond motifs is 1. The molecule has 1 aromatic carbocycles. The molecule has 0 spiro atoms. The van der Waals surface area contributed by atoms with Crippen LogP contribution in [0.2, 0.25) is 0 Å². The molecule has 0 saturated heterocycles. The molecule has 3 aromatic rings. The van der Waals surface area contributed by atoms with Crippen molar-refractivity contribution < 1.29 is 4.79 Å². The topological polar surface area (TPSA) is 77.6 Å². The van der Waals surface area contributed by atoms with E-state index in [9.17, 15) is 4.79 Å². The Morgan fingerprint density at radius 3 is 2.69 bits per heavy atom. The van der Waals surface area contributed by atoms with Crippen molar-refractivity contribution in [2.24, 2.45) is 5.92 Å². The molecule has 2 aromatic heterocycles. The Balaban J connectivity index is 1.40. The van der Waals surface area contributed by atoms with Crippen LogP contribution in [0.1, 0.15) is 59.8 Å². The van der Waals surface area contributed by atoms with Crippen LogP contribution in [-0.4, -0.2) is 43.3 Å². The monoisotopic (exact) mass is 452 g/mol. The largest absolute Gasteiger partial charge is 0.351 e. The van der Waals surface area contributed by atoms with Gasteiger partial charge in [-0.2, -0.15) is 5.10 Å². The molecule has 170 valence electrons. The maximum absolute atomic E-state index is 13.0. The van der Waals surface area contributed by atoms with Gasteiger partial charge in [-0.3, -0.25) is 4.79 Å². The second-order valence-corrected chi connectivity index (χ2v) is 9.61. The van der Waals surface area contributed by atoms with Crippen molar-refractivity contribution in [3.05, 3.63) is 52.6 Å². The van der Waals surface area contributed by atoms with Gasteiger partial charge >= 0.3 is 0 Å². The quantitative estimate of drug-likeness (QED) is 0.392. The Kier molecular flexibility index (Phi) is 6.98. The lowest BCUT2D eigenvalue weighted by molar-refractivity contribution is 0.0947. The van der Waals surface area contributed by atoms with Crippen LogP contribution < -0.4 is 5.32 Å². The average Bonchev–Trinajstić information content (AvgIpc) is 3.47. The summed E-state index contributed by atoms with van der Waals surface area (Å²) in [5.41, 5.74) is 5.08. The Morgan fingerprint density at radius 1 is 1.19 bits per heavy atom. The average molecular weight is 453 g/mol. The molecule has 1 aliphatic carbocycles. The van der Waals surface area contributed by atoms with Gasteiger partial charge in [0.25, 0.3) is 5.91 Å². The third-order valence-corrected chi connectivity index (χ3v) is 6.48. The third kappa shape index (κ3) is 4.75. The first-order valence-electron chi connectivity index (χ1n) is 11.4. The standard InChI is InChI=1S/C24H32N6OS/c1-16(2)15-29-21(26-27-24(29)32-4)9-6-14-25-23(31)22-19-7-5-8-20(19)30(28-22)18-12-10-17(3)11-13-18/h10-13,16H,5-9,14-15H2,1-4H3,(H,25,31). The number of hydrogen-bond acceptors (Lipinski definition) is 5. The highest BCUT2D eigenvalue weighted by Gasteiger charge is 2.26. The molecule has 1 amide bonds. The van der Waals surface area contributed by atoms with Crippen LogP contribution in [0.4, 0.5) is 0 Å². The van der Waals surface area contributed by atoms with Crippen molar-refractivity contribution in [1.82, 2.24) is 29.9 Å². The van der Waals surface area contributed by atoms with Crippen molar-refractivity contribution in [1.29, 1.82) is 0 Å². The fourth-order valence-corrected chi connectivity index (χ4v) is 4.78. The maximum atomic E-state index is 13.0. The predicted octanol–water partition coefficient (Wildman–Crippen LogP) is 4.00. The zero-order valence-corrected chi connectivity index (χ0v) is 20.2. The second-order valence-electron chi connectivity index (χ2n) is 8.84. The van der Waals surface area contributed by atoms with Crippen molar-refractivity contribution in [3.63, 3.8) is 0 Å². The highest BCUT2D eigenvalue weighted by atomic mass is 32.2. The highest BCUT2D eigenvalue weighted by molar-refractivity contribution is 7.98. The summed E-state index contributed by atoms with van der Waals surface area (Å²) in [4.78, 5) is 13.0. The summed E-state index contributed by atoms with van der Waals surface area (Å²) >= 11 is 1.62. The molecule has 0 fully saturated rings. The van der Waals surface area contributed by atoms with Gasteiger partial charge in [0.2, 0.25) is 0 Å². The molecule has 7 nitrogen and oxygen atoms in total. The van der Waals surface area contributed by atoms with Crippen molar-refractivity contribution in [3.8, 4) is 5.69 Å². The number of carbonyl (C=O) groups excluding carboxylic acids is 1. The number of hydrogen-bond donors (Lipinski definition) is 1. The Morgan fingerprint density at radius 2 is 1.97 bits per heavy atom.